The van der Waals surface area contributed by atoms with E-state index < -0.39 is 8.60 Å². The van der Waals surface area contributed by atoms with Gasteiger partial charge in [-0.15, -0.1) is 0 Å². The smallest absolute Gasteiger partial charge is 0.408 e. The highest BCUT2D eigenvalue weighted by molar-refractivity contribution is 7.43. The zero-order valence-corrected chi connectivity index (χ0v) is 23.3. The molecule has 1 heterocycles. The summed E-state index contributed by atoms with van der Waals surface area (Å²) in [5, 5.41) is 2.32. The predicted molar refractivity (Wildman–Crippen MR) is 151 cm³/mol. The third-order valence-corrected chi connectivity index (χ3v) is 9.69. The molecule has 4 aromatic carbocycles. The Hall–Kier alpha value is -3.03. The van der Waals surface area contributed by atoms with Crippen molar-refractivity contribution < 1.29 is 13.6 Å². The lowest BCUT2D eigenvalue weighted by Gasteiger charge is -2.34. The molecule has 0 saturated carbocycles. The van der Waals surface area contributed by atoms with Crippen LogP contribution in [0.1, 0.15) is 73.9 Å². The van der Waals surface area contributed by atoms with E-state index in [2.05, 4.69) is 102 Å². The van der Waals surface area contributed by atoms with Crippen LogP contribution in [0.25, 0.3) is 10.8 Å². The van der Waals surface area contributed by atoms with Crippen molar-refractivity contribution in [2.45, 2.75) is 70.6 Å². The summed E-state index contributed by atoms with van der Waals surface area (Å²) in [7, 11) is -1.72. The molecule has 0 N–H and O–H groups in total. The van der Waals surface area contributed by atoms with Gasteiger partial charge >= 0.3 is 8.60 Å². The first-order valence-corrected chi connectivity index (χ1v) is 14.3. The first kappa shape index (κ1) is 23.1. The number of hydrogen-bond donors (Lipinski definition) is 0. The molecule has 2 aliphatic carbocycles. The van der Waals surface area contributed by atoms with Crippen LogP contribution in [0.5, 0.6) is 17.2 Å². The molecule has 0 amide bonds. The summed E-state index contributed by atoms with van der Waals surface area (Å²) in [6.45, 7) is 13.9. The topological polar surface area (TPSA) is 27.7 Å². The molecule has 0 radical (unpaired) electrons. The Morgan fingerprint density at radius 3 is 1.78 bits per heavy atom. The average Bonchev–Trinajstić information content (AvgIpc) is 3.17. The summed E-state index contributed by atoms with van der Waals surface area (Å²) < 4.78 is 20.0. The summed E-state index contributed by atoms with van der Waals surface area (Å²) in [4.78, 5) is 0. The van der Waals surface area contributed by atoms with Crippen LogP contribution in [0, 0.1) is 13.8 Å². The van der Waals surface area contributed by atoms with Crippen LogP contribution in [0.15, 0.2) is 66.7 Å². The summed E-state index contributed by atoms with van der Waals surface area (Å²) >= 11 is 0. The summed E-state index contributed by atoms with van der Waals surface area (Å²) in [5.74, 6) is 2.59. The lowest BCUT2D eigenvalue weighted by molar-refractivity contribution is 0.327. The molecule has 0 bridgehead atoms. The van der Waals surface area contributed by atoms with E-state index in [-0.39, 0.29) is 16.2 Å². The minimum Gasteiger partial charge on any atom is -0.408 e. The quantitative estimate of drug-likeness (QED) is 0.253. The van der Waals surface area contributed by atoms with Crippen molar-refractivity contribution in [3.63, 3.8) is 0 Å². The molecule has 188 valence electrons. The maximum atomic E-state index is 6.75. The second-order valence-electron chi connectivity index (χ2n) is 12.6. The predicted octanol–water partition coefficient (Wildman–Crippen LogP) is 9.18. The third-order valence-electron chi connectivity index (χ3n) is 8.64. The molecule has 4 heteroatoms. The monoisotopic (exact) mass is 508 g/mol. The summed E-state index contributed by atoms with van der Waals surface area (Å²) in [5.41, 5.74) is 7.85. The van der Waals surface area contributed by atoms with E-state index in [1.54, 1.807) is 0 Å². The van der Waals surface area contributed by atoms with Crippen LogP contribution in [0.3, 0.4) is 0 Å². The first-order valence-electron chi connectivity index (χ1n) is 13.2. The standard InChI is InChI=1S/C33H33O3P/c1-20-13-25-29-27(15-20)35-37(34-24-12-11-22-9-7-8-10-23(22)17-24)36-28-16-21(2)14-26-30(28)33(29,18-31(25,3)4)19-32(26,5)6/h7-17H,18-19H2,1-6H3. The molecule has 0 aromatic heterocycles. The maximum absolute atomic E-state index is 6.75. The molecule has 3 aliphatic rings. The van der Waals surface area contributed by atoms with Gasteiger partial charge in [0.25, 0.3) is 0 Å². The Morgan fingerprint density at radius 1 is 0.676 bits per heavy atom. The molecule has 0 unspecified atom stereocenters. The highest BCUT2D eigenvalue weighted by atomic mass is 31.2. The molecule has 0 atom stereocenters. The van der Waals surface area contributed by atoms with E-state index in [9.17, 15) is 0 Å². The Kier molecular flexibility index (Phi) is 4.69. The fraction of sp³-hybridized carbons (Fsp3) is 0.333. The van der Waals surface area contributed by atoms with Gasteiger partial charge in [0, 0.05) is 16.5 Å². The molecule has 4 aromatic rings. The van der Waals surface area contributed by atoms with Gasteiger partial charge in [-0.3, -0.25) is 0 Å². The first-order chi connectivity index (χ1) is 17.6. The molecule has 37 heavy (non-hydrogen) atoms. The van der Waals surface area contributed by atoms with Gasteiger partial charge in [-0.05, 0) is 94.8 Å². The van der Waals surface area contributed by atoms with Crippen molar-refractivity contribution in [3.8, 4) is 17.2 Å². The third kappa shape index (κ3) is 3.36. The number of benzene rings is 4. The van der Waals surface area contributed by atoms with Gasteiger partial charge in [0.05, 0.1) is 0 Å². The lowest BCUT2D eigenvalue weighted by atomic mass is 9.72. The number of fused-ring (bicyclic) bond motifs is 1. The van der Waals surface area contributed by atoms with Crippen LogP contribution < -0.4 is 13.6 Å². The van der Waals surface area contributed by atoms with E-state index in [0.717, 1.165) is 35.5 Å². The van der Waals surface area contributed by atoms with E-state index in [4.69, 9.17) is 13.6 Å². The maximum Gasteiger partial charge on any atom is 0.530 e. The lowest BCUT2D eigenvalue weighted by Crippen LogP contribution is -2.28. The van der Waals surface area contributed by atoms with Gasteiger partial charge in [-0.2, -0.15) is 0 Å². The molecule has 1 aliphatic heterocycles. The largest absolute Gasteiger partial charge is 0.530 e. The van der Waals surface area contributed by atoms with Gasteiger partial charge in [0.2, 0.25) is 0 Å². The minimum absolute atomic E-state index is 0.0333. The second kappa shape index (κ2) is 7.51. The Bertz CT molecular complexity index is 1520. The van der Waals surface area contributed by atoms with Crippen LogP contribution in [0.2, 0.25) is 0 Å². The number of rotatable bonds is 2. The average molecular weight is 509 g/mol. The van der Waals surface area contributed by atoms with Crippen molar-refractivity contribution in [3.05, 3.63) is 100 Å². The SMILES string of the molecule is Cc1cc2c3c(c1)C(C)(C)CC31CC(C)(C)c3cc(C)cc(c31)OP(Oc1ccc3ccccc3c1)O2. The molecule has 3 nitrogen and oxygen atoms in total. The molecular weight excluding hydrogens is 475 g/mol. The fourth-order valence-corrected chi connectivity index (χ4v) is 8.48. The highest BCUT2D eigenvalue weighted by Crippen LogP contribution is 2.68. The van der Waals surface area contributed by atoms with Crippen LogP contribution in [0.4, 0.5) is 0 Å². The number of aryl methyl sites for hydroxylation is 2. The summed E-state index contributed by atoms with van der Waals surface area (Å²) in [6.07, 6.45) is 2.10. The zero-order chi connectivity index (χ0) is 25.7. The normalized spacial score (nSPS) is 19.8. The van der Waals surface area contributed by atoms with Gasteiger partial charge in [-0.1, -0.05) is 70.2 Å². The van der Waals surface area contributed by atoms with Gasteiger partial charge in [0.15, 0.2) is 0 Å². The van der Waals surface area contributed by atoms with Crippen LogP contribution >= 0.6 is 8.60 Å². The van der Waals surface area contributed by atoms with E-state index in [1.165, 1.54) is 38.8 Å². The van der Waals surface area contributed by atoms with Crippen LogP contribution in [-0.2, 0) is 16.2 Å². The fourth-order valence-electron chi connectivity index (χ4n) is 7.47. The molecule has 1 spiro atoms. The van der Waals surface area contributed by atoms with E-state index >= 15 is 0 Å². The summed E-state index contributed by atoms with van der Waals surface area (Å²) in [6, 6.07) is 23.6. The van der Waals surface area contributed by atoms with Gasteiger partial charge in [0.1, 0.15) is 17.2 Å². The van der Waals surface area contributed by atoms with Crippen molar-refractivity contribution in [1.29, 1.82) is 0 Å². The van der Waals surface area contributed by atoms with Crippen molar-refractivity contribution in [2.75, 3.05) is 0 Å². The van der Waals surface area contributed by atoms with Crippen molar-refractivity contribution in [2.24, 2.45) is 0 Å². The minimum atomic E-state index is -1.72. The highest BCUT2D eigenvalue weighted by Gasteiger charge is 2.60. The number of hydrogen-bond acceptors (Lipinski definition) is 3. The van der Waals surface area contributed by atoms with Crippen molar-refractivity contribution in [1.82, 2.24) is 0 Å². The Labute approximate surface area is 220 Å². The molecular formula is C33H33O3P. The Balaban J connectivity index is 1.44. The van der Waals surface area contributed by atoms with E-state index in [0.29, 0.717) is 0 Å². The molecule has 0 saturated heterocycles. The second-order valence-corrected chi connectivity index (χ2v) is 13.6. The zero-order valence-electron chi connectivity index (χ0n) is 22.4. The van der Waals surface area contributed by atoms with Gasteiger partial charge in [-0.25, -0.2) is 0 Å². The van der Waals surface area contributed by atoms with E-state index in [1.807, 2.05) is 6.07 Å². The van der Waals surface area contributed by atoms with Gasteiger partial charge < -0.3 is 13.6 Å². The molecule has 0 fully saturated rings. The van der Waals surface area contributed by atoms with Crippen molar-refractivity contribution >= 4 is 19.4 Å². The molecule has 7 rings (SSSR count). The Morgan fingerprint density at radius 2 is 1.22 bits per heavy atom. The van der Waals surface area contributed by atoms with Crippen LogP contribution in [-0.4, -0.2) is 0 Å².